The number of nitrogens with zero attached hydrogens (tertiary/aromatic N) is 3. The number of aromatic carboxylic acids is 1. The summed E-state index contributed by atoms with van der Waals surface area (Å²) in [5.74, 6) is -1.28. The molecule has 0 saturated heterocycles. The number of hydrogen-bond acceptors (Lipinski definition) is 3. The third-order valence-corrected chi connectivity index (χ3v) is 5.40. The van der Waals surface area contributed by atoms with Crippen LogP contribution in [0, 0.1) is 19.7 Å². The van der Waals surface area contributed by atoms with Crippen molar-refractivity contribution in [3.8, 4) is 11.1 Å². The quantitative estimate of drug-likeness (QED) is 0.509. The first kappa shape index (κ1) is 19.8. The van der Waals surface area contributed by atoms with Crippen LogP contribution in [0.4, 0.5) is 4.39 Å². The molecule has 152 valence electrons. The summed E-state index contributed by atoms with van der Waals surface area (Å²) in [6.45, 7) is 5.40. The van der Waals surface area contributed by atoms with Crippen molar-refractivity contribution in [2.24, 2.45) is 0 Å². The van der Waals surface area contributed by atoms with E-state index in [2.05, 4.69) is 10.1 Å². The van der Waals surface area contributed by atoms with Gasteiger partial charge in [0.05, 0.1) is 22.6 Å². The van der Waals surface area contributed by atoms with Crippen molar-refractivity contribution in [3.63, 3.8) is 0 Å². The third kappa shape index (κ3) is 3.34. The SMILES string of the molecule is CCc1nn2c(C)c(F)c(C)nc2c1Cc1ccc(-c2ccccc2C(=O)O)cc1. The van der Waals surface area contributed by atoms with Crippen LogP contribution in [0.15, 0.2) is 48.5 Å². The number of aromatic nitrogens is 3. The molecular formula is C24H22FN3O2. The van der Waals surface area contributed by atoms with Gasteiger partial charge < -0.3 is 5.11 Å². The summed E-state index contributed by atoms with van der Waals surface area (Å²) in [6, 6.07) is 14.8. The number of carbonyl (C=O) groups is 1. The van der Waals surface area contributed by atoms with Gasteiger partial charge in [-0.1, -0.05) is 49.4 Å². The molecule has 0 fully saturated rings. The predicted octanol–water partition coefficient (Wildman–Crippen LogP) is 5.00. The number of carboxylic acid groups (broad SMARTS) is 1. The van der Waals surface area contributed by atoms with E-state index >= 15 is 0 Å². The number of benzene rings is 2. The van der Waals surface area contributed by atoms with Crippen molar-refractivity contribution in [3.05, 3.63) is 88.1 Å². The molecule has 2 aromatic carbocycles. The standard InChI is InChI=1S/C24H22FN3O2/c1-4-21-20(23-26-14(2)22(25)15(3)28(23)27-21)13-16-9-11-17(12-10-16)18-7-5-6-8-19(18)24(29)30/h5-12H,4,13H2,1-3H3,(H,29,30). The van der Waals surface area contributed by atoms with Gasteiger partial charge in [-0.2, -0.15) is 5.10 Å². The van der Waals surface area contributed by atoms with E-state index in [1.54, 1.807) is 30.5 Å². The van der Waals surface area contributed by atoms with Gasteiger partial charge in [0.15, 0.2) is 11.5 Å². The Kier molecular flexibility index (Phi) is 5.08. The Bertz CT molecular complexity index is 1260. The molecule has 4 aromatic rings. The van der Waals surface area contributed by atoms with Crippen LogP contribution >= 0.6 is 0 Å². The van der Waals surface area contributed by atoms with E-state index in [-0.39, 0.29) is 11.4 Å². The van der Waals surface area contributed by atoms with Gasteiger partial charge in [0.25, 0.3) is 0 Å². The van der Waals surface area contributed by atoms with Crippen LogP contribution in [0.2, 0.25) is 0 Å². The molecule has 0 saturated carbocycles. The Labute approximate surface area is 173 Å². The number of halogens is 1. The molecule has 0 bridgehead atoms. The fraction of sp³-hybridized carbons (Fsp3) is 0.208. The number of aryl methyl sites for hydroxylation is 3. The number of fused-ring (bicyclic) bond motifs is 1. The first-order chi connectivity index (χ1) is 14.4. The summed E-state index contributed by atoms with van der Waals surface area (Å²) in [6.07, 6.45) is 1.34. The zero-order chi connectivity index (χ0) is 21.4. The van der Waals surface area contributed by atoms with Crippen molar-refractivity contribution >= 4 is 11.6 Å². The minimum atomic E-state index is -0.947. The van der Waals surface area contributed by atoms with Crippen LogP contribution in [-0.4, -0.2) is 25.7 Å². The van der Waals surface area contributed by atoms with Gasteiger partial charge in [-0.25, -0.2) is 18.7 Å². The molecule has 2 heterocycles. The molecule has 0 aliphatic heterocycles. The van der Waals surface area contributed by atoms with Crippen LogP contribution < -0.4 is 0 Å². The highest BCUT2D eigenvalue weighted by Crippen LogP contribution is 2.26. The van der Waals surface area contributed by atoms with Crippen LogP contribution in [-0.2, 0) is 12.8 Å². The molecule has 6 heteroatoms. The van der Waals surface area contributed by atoms with Gasteiger partial charge in [-0.05, 0) is 43.0 Å². The van der Waals surface area contributed by atoms with Crippen molar-refractivity contribution in [2.45, 2.75) is 33.6 Å². The van der Waals surface area contributed by atoms with Gasteiger partial charge in [0, 0.05) is 12.0 Å². The lowest BCUT2D eigenvalue weighted by atomic mass is 9.97. The normalized spacial score (nSPS) is 11.2. The summed E-state index contributed by atoms with van der Waals surface area (Å²) in [4.78, 5) is 16.0. The summed E-state index contributed by atoms with van der Waals surface area (Å²) in [7, 11) is 0. The van der Waals surface area contributed by atoms with E-state index in [0.29, 0.717) is 29.0 Å². The fourth-order valence-corrected chi connectivity index (χ4v) is 3.79. The van der Waals surface area contributed by atoms with Crippen molar-refractivity contribution < 1.29 is 14.3 Å². The molecule has 0 spiro atoms. The maximum Gasteiger partial charge on any atom is 0.336 e. The average Bonchev–Trinajstić information content (AvgIpc) is 3.10. The summed E-state index contributed by atoms with van der Waals surface area (Å²) in [5.41, 5.74) is 6.26. The summed E-state index contributed by atoms with van der Waals surface area (Å²) < 4.78 is 15.9. The van der Waals surface area contributed by atoms with Crippen LogP contribution in [0.1, 0.15) is 45.5 Å². The number of rotatable bonds is 5. The largest absolute Gasteiger partial charge is 0.478 e. The predicted molar refractivity (Wildman–Crippen MR) is 113 cm³/mol. The van der Waals surface area contributed by atoms with Gasteiger partial charge >= 0.3 is 5.97 Å². The topological polar surface area (TPSA) is 67.5 Å². The Hall–Kier alpha value is -3.54. The third-order valence-electron chi connectivity index (χ3n) is 5.40. The second kappa shape index (κ2) is 7.71. The lowest BCUT2D eigenvalue weighted by molar-refractivity contribution is 0.0697. The van der Waals surface area contributed by atoms with Crippen molar-refractivity contribution in [1.82, 2.24) is 14.6 Å². The Morgan fingerprint density at radius 3 is 2.47 bits per heavy atom. The molecule has 1 N–H and O–H groups in total. The molecule has 0 radical (unpaired) electrons. The monoisotopic (exact) mass is 403 g/mol. The van der Waals surface area contributed by atoms with Gasteiger partial charge in [0.1, 0.15) is 0 Å². The first-order valence-electron chi connectivity index (χ1n) is 9.85. The molecule has 0 amide bonds. The van der Waals surface area contributed by atoms with E-state index in [1.165, 1.54) is 0 Å². The van der Waals surface area contributed by atoms with Gasteiger partial charge in [-0.3, -0.25) is 0 Å². The summed E-state index contributed by atoms with van der Waals surface area (Å²) >= 11 is 0. The van der Waals surface area contributed by atoms with Crippen molar-refractivity contribution in [2.75, 3.05) is 0 Å². The molecule has 0 unspecified atom stereocenters. The highest BCUT2D eigenvalue weighted by molar-refractivity contribution is 5.96. The average molecular weight is 403 g/mol. The van der Waals surface area contributed by atoms with Crippen LogP contribution in [0.3, 0.4) is 0 Å². The Morgan fingerprint density at radius 2 is 1.80 bits per heavy atom. The first-order valence-corrected chi connectivity index (χ1v) is 9.85. The number of carboxylic acids is 1. The maximum atomic E-state index is 14.3. The van der Waals surface area contributed by atoms with E-state index in [9.17, 15) is 14.3 Å². The number of hydrogen-bond donors (Lipinski definition) is 1. The molecule has 0 atom stereocenters. The van der Waals surface area contributed by atoms with E-state index in [1.807, 2.05) is 43.3 Å². The smallest absolute Gasteiger partial charge is 0.336 e. The second-order valence-electron chi connectivity index (χ2n) is 7.34. The molecule has 0 aliphatic carbocycles. The minimum absolute atomic E-state index is 0.276. The van der Waals surface area contributed by atoms with Crippen LogP contribution in [0.25, 0.3) is 16.8 Å². The van der Waals surface area contributed by atoms with Crippen molar-refractivity contribution in [1.29, 1.82) is 0 Å². The zero-order valence-electron chi connectivity index (χ0n) is 17.1. The minimum Gasteiger partial charge on any atom is -0.478 e. The zero-order valence-corrected chi connectivity index (χ0v) is 17.1. The van der Waals surface area contributed by atoms with Gasteiger partial charge in [0.2, 0.25) is 0 Å². The fourth-order valence-electron chi connectivity index (χ4n) is 3.79. The highest BCUT2D eigenvalue weighted by atomic mass is 19.1. The highest BCUT2D eigenvalue weighted by Gasteiger charge is 2.18. The second-order valence-corrected chi connectivity index (χ2v) is 7.34. The van der Waals surface area contributed by atoms with E-state index in [4.69, 9.17) is 0 Å². The van der Waals surface area contributed by atoms with E-state index < -0.39 is 5.97 Å². The molecule has 5 nitrogen and oxygen atoms in total. The molecule has 4 rings (SSSR count). The summed E-state index contributed by atoms with van der Waals surface area (Å²) in [5, 5.41) is 14.0. The van der Waals surface area contributed by atoms with Gasteiger partial charge in [-0.15, -0.1) is 0 Å². The Balaban J connectivity index is 1.73. The van der Waals surface area contributed by atoms with E-state index in [0.717, 1.165) is 28.8 Å². The lowest BCUT2D eigenvalue weighted by Gasteiger charge is -2.08. The van der Waals surface area contributed by atoms with Crippen LogP contribution in [0.5, 0.6) is 0 Å². The molecule has 30 heavy (non-hydrogen) atoms. The maximum absolute atomic E-state index is 14.3. The lowest BCUT2D eigenvalue weighted by Crippen LogP contribution is -2.03. The molecule has 0 aliphatic rings. The molecule has 2 aromatic heterocycles. The Morgan fingerprint density at radius 1 is 1.10 bits per heavy atom. The molecular weight excluding hydrogens is 381 g/mol.